The van der Waals surface area contributed by atoms with Gasteiger partial charge in [-0.25, -0.2) is 0 Å². The molecule has 0 unspecified atom stereocenters. The first kappa shape index (κ1) is 13.0. The number of nitrogens with zero attached hydrogens (tertiary/aromatic N) is 1. The molecule has 0 fully saturated rings. The number of hydrogen-bond acceptors (Lipinski definition) is 3. The fourth-order valence-electron chi connectivity index (χ4n) is 1.08. The molecule has 0 spiro atoms. The second-order valence-electron chi connectivity index (χ2n) is 3.07. The maximum absolute atomic E-state index is 4.29. The van der Waals surface area contributed by atoms with E-state index in [2.05, 4.69) is 41.4 Å². The summed E-state index contributed by atoms with van der Waals surface area (Å²) in [5.41, 5.74) is 0. The predicted octanol–water partition coefficient (Wildman–Crippen LogP) is 1.39. The Kier molecular flexibility index (Phi) is 5.95. The minimum atomic E-state index is -0.0231. The summed E-state index contributed by atoms with van der Waals surface area (Å²) in [6.45, 7) is 0. The molecule has 88 valence electrons. The van der Waals surface area contributed by atoms with Crippen LogP contribution in [-0.4, -0.2) is 4.98 Å². The maximum atomic E-state index is 4.29. The van der Waals surface area contributed by atoms with Crippen molar-refractivity contribution in [1.82, 2.24) is 4.98 Å². The molecule has 0 atom stereocenters. The van der Waals surface area contributed by atoms with Crippen LogP contribution in [0.4, 0.5) is 0 Å². The van der Waals surface area contributed by atoms with Crippen LogP contribution in [0.15, 0.2) is 75.5 Å². The van der Waals surface area contributed by atoms with Gasteiger partial charge in [0.2, 0.25) is 0 Å². The van der Waals surface area contributed by atoms with Crippen molar-refractivity contribution in [1.29, 1.82) is 0 Å². The third-order valence-electron chi connectivity index (χ3n) is 1.83. The van der Waals surface area contributed by atoms with Gasteiger partial charge in [0.1, 0.15) is 0 Å². The molecule has 1 nitrogen and oxygen atoms in total. The summed E-state index contributed by atoms with van der Waals surface area (Å²) in [7, 11) is 3.68. The van der Waals surface area contributed by atoms with Gasteiger partial charge in [0.05, 0.1) is 0 Å². The molecule has 0 aromatic carbocycles. The van der Waals surface area contributed by atoms with Crippen molar-refractivity contribution in [2.24, 2.45) is 0 Å². The van der Waals surface area contributed by atoms with E-state index in [1.165, 1.54) is 3.58 Å². The van der Waals surface area contributed by atoms with Gasteiger partial charge in [-0.3, -0.25) is 0 Å². The van der Waals surface area contributed by atoms with E-state index in [4.69, 9.17) is 0 Å². The van der Waals surface area contributed by atoms with Crippen molar-refractivity contribution in [3.05, 3.63) is 70.5 Å². The summed E-state index contributed by atoms with van der Waals surface area (Å²) in [4.78, 5) is 4.29. The summed E-state index contributed by atoms with van der Waals surface area (Å²) < 4.78 is 1.43. The van der Waals surface area contributed by atoms with Gasteiger partial charge in [0, 0.05) is 0 Å². The molecule has 0 N–H and O–H groups in total. The molecule has 0 saturated carbocycles. The van der Waals surface area contributed by atoms with E-state index in [0.29, 0.717) is 0 Å². The number of rotatable bonds is 4. The number of aromatic nitrogens is 1. The second-order valence-corrected chi connectivity index (χ2v) is 10.6. The number of halogens is 1. The zero-order valence-corrected chi connectivity index (χ0v) is 12.8. The van der Waals surface area contributed by atoms with E-state index >= 15 is 0 Å². The summed E-state index contributed by atoms with van der Waals surface area (Å²) in [5, 5.41) is 1.09. The van der Waals surface area contributed by atoms with Crippen LogP contribution in [0.5, 0.6) is 0 Å². The molecule has 0 bridgehead atoms. The van der Waals surface area contributed by atoms with Gasteiger partial charge in [-0.05, 0) is 0 Å². The van der Waals surface area contributed by atoms with E-state index in [1.54, 1.807) is 10.8 Å². The quantitative estimate of drug-likeness (QED) is 0.586. The van der Waals surface area contributed by atoms with Crippen molar-refractivity contribution >= 4 is 18.8 Å². The zero-order valence-electron chi connectivity index (χ0n) is 8.99. The van der Waals surface area contributed by atoms with Gasteiger partial charge in [0.15, 0.2) is 0 Å². The van der Waals surface area contributed by atoms with Gasteiger partial charge in [-0.1, -0.05) is 0 Å². The van der Waals surface area contributed by atoms with Crippen molar-refractivity contribution in [3.63, 3.8) is 0 Å². The normalized spacial score (nSPS) is 14.5. The van der Waals surface area contributed by atoms with Gasteiger partial charge in [0.25, 0.3) is 0 Å². The molecule has 1 aliphatic carbocycles. The summed E-state index contributed by atoms with van der Waals surface area (Å²) >= 11 is -0.0231. The first-order chi connectivity index (χ1) is 8.45. The molecule has 4 heteroatoms. The van der Waals surface area contributed by atoms with Gasteiger partial charge >= 0.3 is 119 Å². The molecule has 2 rings (SSSR count). The average molecular weight is 372 g/mol. The molecule has 0 radical (unpaired) electrons. The summed E-state index contributed by atoms with van der Waals surface area (Å²) in [6.07, 6.45) is 16.6. The zero-order chi connectivity index (χ0) is 11.8. The molecule has 1 aromatic heterocycles. The Morgan fingerprint density at radius 3 is 2.76 bits per heavy atom. The molecule has 1 aromatic rings. The molecule has 17 heavy (non-hydrogen) atoms. The monoisotopic (exact) mass is 372 g/mol. The fraction of sp³-hybridized carbons (Fsp3) is 0. The summed E-state index contributed by atoms with van der Waals surface area (Å²) in [6, 6.07) is 6.02. The van der Waals surface area contributed by atoms with E-state index in [0.717, 1.165) is 5.03 Å². The molecular weight excluding hydrogens is 361 g/mol. The van der Waals surface area contributed by atoms with Crippen LogP contribution in [0.3, 0.4) is 0 Å². The van der Waals surface area contributed by atoms with Crippen molar-refractivity contribution < 1.29 is 19.8 Å². The molecular formula is C13H11INS2-. The Hall–Kier alpha value is -0.460. The molecule has 0 aliphatic heterocycles. The SMILES string of the molecule is C1=CC=CC([I-]SSc2ccccn2)=CC=C1. The van der Waals surface area contributed by atoms with Gasteiger partial charge in [-0.15, -0.1) is 0 Å². The first-order valence-corrected chi connectivity index (χ1v) is 10.8. The van der Waals surface area contributed by atoms with Crippen LogP contribution < -0.4 is 19.8 Å². The van der Waals surface area contributed by atoms with Gasteiger partial charge < -0.3 is 0 Å². The van der Waals surface area contributed by atoms with Crippen molar-refractivity contribution in [2.45, 2.75) is 5.03 Å². The number of hydrogen-bond donors (Lipinski definition) is 0. The van der Waals surface area contributed by atoms with Gasteiger partial charge in [-0.2, -0.15) is 0 Å². The Balaban J connectivity index is 1.82. The third-order valence-corrected chi connectivity index (χ3v) is 8.92. The van der Waals surface area contributed by atoms with E-state index < -0.39 is 0 Å². The van der Waals surface area contributed by atoms with Crippen LogP contribution in [0.1, 0.15) is 0 Å². The Morgan fingerprint density at radius 1 is 1.00 bits per heavy atom. The molecule has 1 aliphatic rings. The van der Waals surface area contributed by atoms with Crippen LogP contribution in [0.25, 0.3) is 0 Å². The molecule has 0 saturated heterocycles. The molecule has 0 amide bonds. The minimum absolute atomic E-state index is 0.0231. The van der Waals surface area contributed by atoms with Crippen LogP contribution in [0, 0.1) is 0 Å². The Morgan fingerprint density at radius 2 is 1.88 bits per heavy atom. The Labute approximate surface area is 118 Å². The number of allylic oxidation sites excluding steroid dienone is 8. The van der Waals surface area contributed by atoms with Crippen LogP contribution in [0.2, 0.25) is 0 Å². The van der Waals surface area contributed by atoms with E-state index in [1.807, 2.05) is 38.4 Å². The standard InChI is InChI=1S/C13H11INS2/c1-2-4-8-12(9-5-3-1)14-17-16-13-10-6-7-11-15-13/h1-11H/q-1. The van der Waals surface area contributed by atoms with Crippen LogP contribution in [-0.2, 0) is 0 Å². The molecule has 1 heterocycles. The van der Waals surface area contributed by atoms with Crippen molar-refractivity contribution in [2.75, 3.05) is 0 Å². The number of pyridine rings is 1. The topological polar surface area (TPSA) is 12.9 Å². The van der Waals surface area contributed by atoms with E-state index in [-0.39, 0.29) is 19.8 Å². The summed E-state index contributed by atoms with van der Waals surface area (Å²) in [5.74, 6) is 0. The van der Waals surface area contributed by atoms with E-state index in [9.17, 15) is 0 Å². The Bertz CT molecular complexity index is 464. The first-order valence-electron chi connectivity index (χ1n) is 5.06. The average Bonchev–Trinajstić information content (AvgIpc) is 2.33. The third kappa shape index (κ3) is 5.14. The predicted molar refractivity (Wildman–Crippen MR) is 73.2 cm³/mol. The fourth-order valence-corrected chi connectivity index (χ4v) is 8.02. The van der Waals surface area contributed by atoms with Crippen molar-refractivity contribution in [3.8, 4) is 0 Å². The van der Waals surface area contributed by atoms with Crippen LogP contribution >= 0.6 is 18.8 Å². The second kappa shape index (κ2) is 7.79.